The molecule has 4 heteroatoms. The number of aromatic nitrogens is 3. The summed E-state index contributed by atoms with van der Waals surface area (Å²) >= 11 is 0. The highest BCUT2D eigenvalue weighted by molar-refractivity contribution is 5.97. The van der Waals surface area contributed by atoms with E-state index in [1.165, 1.54) is 0 Å². The van der Waals surface area contributed by atoms with Gasteiger partial charge in [0.1, 0.15) is 11.7 Å². The van der Waals surface area contributed by atoms with Crippen LogP contribution in [-0.2, 0) is 6.42 Å². The number of hydrogen-bond donors (Lipinski definition) is 1. The minimum Gasteiger partial charge on any atom is -0.345 e. The SMILES string of the molecule is N#Cc1c[nH]c2nc(Cc3ccccn3)cc(-c3ccccc3)c12. The molecule has 1 aromatic carbocycles. The van der Waals surface area contributed by atoms with Gasteiger partial charge in [0.05, 0.1) is 5.56 Å². The predicted octanol–water partition coefficient (Wildman–Crippen LogP) is 4.09. The van der Waals surface area contributed by atoms with E-state index in [-0.39, 0.29) is 0 Å². The van der Waals surface area contributed by atoms with Crippen LogP contribution < -0.4 is 0 Å². The van der Waals surface area contributed by atoms with E-state index in [0.29, 0.717) is 12.0 Å². The summed E-state index contributed by atoms with van der Waals surface area (Å²) in [5.74, 6) is 0. The van der Waals surface area contributed by atoms with Gasteiger partial charge in [-0.05, 0) is 29.3 Å². The first kappa shape index (κ1) is 14.2. The second-order valence-electron chi connectivity index (χ2n) is 5.56. The van der Waals surface area contributed by atoms with Crippen molar-refractivity contribution in [2.45, 2.75) is 6.42 Å². The standard InChI is InChI=1S/C20H14N4/c21-12-15-13-23-20-19(15)18(14-6-2-1-3-7-14)11-17(24-20)10-16-8-4-5-9-22-16/h1-9,11,13H,10H2,(H,23,24). The van der Waals surface area contributed by atoms with Crippen molar-refractivity contribution in [2.75, 3.05) is 0 Å². The molecule has 0 unspecified atom stereocenters. The average Bonchev–Trinajstić information content (AvgIpc) is 3.06. The van der Waals surface area contributed by atoms with Crippen molar-refractivity contribution >= 4 is 11.0 Å². The third kappa shape index (κ3) is 2.53. The molecule has 0 spiro atoms. The summed E-state index contributed by atoms with van der Waals surface area (Å²) in [7, 11) is 0. The van der Waals surface area contributed by atoms with Gasteiger partial charge in [-0.1, -0.05) is 36.4 Å². The number of fused-ring (bicyclic) bond motifs is 1. The zero-order chi connectivity index (χ0) is 16.4. The molecule has 0 saturated heterocycles. The predicted molar refractivity (Wildman–Crippen MR) is 93.3 cm³/mol. The van der Waals surface area contributed by atoms with Gasteiger partial charge in [-0.15, -0.1) is 0 Å². The van der Waals surface area contributed by atoms with E-state index in [4.69, 9.17) is 0 Å². The number of pyridine rings is 2. The van der Waals surface area contributed by atoms with Gasteiger partial charge in [0.2, 0.25) is 0 Å². The van der Waals surface area contributed by atoms with Crippen molar-refractivity contribution in [3.63, 3.8) is 0 Å². The van der Waals surface area contributed by atoms with Crippen molar-refractivity contribution in [3.8, 4) is 17.2 Å². The summed E-state index contributed by atoms with van der Waals surface area (Å²) in [6.07, 6.45) is 4.15. The zero-order valence-corrected chi connectivity index (χ0v) is 12.9. The maximum atomic E-state index is 9.39. The lowest BCUT2D eigenvalue weighted by Crippen LogP contribution is -1.96. The monoisotopic (exact) mass is 310 g/mol. The van der Waals surface area contributed by atoms with Crippen LogP contribution in [0.2, 0.25) is 0 Å². The Labute approximate surface area is 139 Å². The molecule has 4 rings (SSSR count). The van der Waals surface area contributed by atoms with Crippen LogP contribution in [0.25, 0.3) is 22.2 Å². The van der Waals surface area contributed by atoms with Gasteiger partial charge in [0.15, 0.2) is 0 Å². The third-order valence-electron chi connectivity index (χ3n) is 3.99. The summed E-state index contributed by atoms with van der Waals surface area (Å²) in [5, 5.41) is 10.3. The fourth-order valence-corrected chi connectivity index (χ4v) is 2.90. The summed E-state index contributed by atoms with van der Waals surface area (Å²) in [6.45, 7) is 0. The zero-order valence-electron chi connectivity index (χ0n) is 12.9. The first-order valence-electron chi connectivity index (χ1n) is 7.71. The van der Waals surface area contributed by atoms with E-state index in [9.17, 15) is 5.26 Å². The Balaban J connectivity index is 1.91. The highest BCUT2D eigenvalue weighted by atomic mass is 14.9. The summed E-state index contributed by atoms with van der Waals surface area (Å²) in [6, 6.07) is 20.2. The highest BCUT2D eigenvalue weighted by Gasteiger charge is 2.14. The van der Waals surface area contributed by atoms with Crippen molar-refractivity contribution in [2.24, 2.45) is 0 Å². The highest BCUT2D eigenvalue weighted by Crippen LogP contribution is 2.31. The minimum absolute atomic E-state index is 0.612. The molecule has 0 bridgehead atoms. The Morgan fingerprint density at radius 3 is 2.58 bits per heavy atom. The second-order valence-corrected chi connectivity index (χ2v) is 5.56. The number of aromatic amines is 1. The van der Waals surface area contributed by atoms with Gasteiger partial charge in [-0.25, -0.2) is 4.98 Å². The van der Waals surface area contributed by atoms with Gasteiger partial charge in [0, 0.05) is 35.6 Å². The summed E-state index contributed by atoms with van der Waals surface area (Å²) < 4.78 is 0. The van der Waals surface area contributed by atoms with E-state index in [1.54, 1.807) is 12.4 Å². The Morgan fingerprint density at radius 2 is 1.83 bits per heavy atom. The van der Waals surface area contributed by atoms with Crippen molar-refractivity contribution in [1.29, 1.82) is 5.26 Å². The molecule has 0 atom stereocenters. The topological polar surface area (TPSA) is 65.4 Å². The average molecular weight is 310 g/mol. The van der Waals surface area contributed by atoms with Crippen LogP contribution in [0.15, 0.2) is 67.0 Å². The van der Waals surface area contributed by atoms with Crippen molar-refractivity contribution in [3.05, 3.63) is 83.9 Å². The number of benzene rings is 1. The first-order valence-corrected chi connectivity index (χ1v) is 7.71. The molecule has 0 aliphatic heterocycles. The molecule has 0 radical (unpaired) electrons. The van der Waals surface area contributed by atoms with Gasteiger partial charge < -0.3 is 4.98 Å². The molecule has 3 heterocycles. The van der Waals surface area contributed by atoms with E-state index in [1.807, 2.05) is 48.5 Å². The molecule has 24 heavy (non-hydrogen) atoms. The maximum Gasteiger partial charge on any atom is 0.139 e. The molecular weight excluding hydrogens is 296 g/mol. The lowest BCUT2D eigenvalue weighted by atomic mass is 9.99. The molecule has 0 fully saturated rings. The molecule has 4 aromatic rings. The molecule has 0 aliphatic carbocycles. The summed E-state index contributed by atoms with van der Waals surface area (Å²) in [5.41, 5.74) is 5.33. The molecule has 0 aliphatic rings. The Kier molecular flexibility index (Phi) is 3.53. The van der Waals surface area contributed by atoms with Gasteiger partial charge in [-0.3, -0.25) is 4.98 Å². The second kappa shape index (κ2) is 5.98. The van der Waals surface area contributed by atoms with Crippen LogP contribution >= 0.6 is 0 Å². The van der Waals surface area contributed by atoms with E-state index in [0.717, 1.165) is 33.5 Å². The van der Waals surface area contributed by atoms with E-state index < -0.39 is 0 Å². The molecule has 0 amide bonds. The molecule has 3 aromatic heterocycles. The van der Waals surface area contributed by atoms with Gasteiger partial charge in [-0.2, -0.15) is 5.26 Å². The van der Waals surface area contributed by atoms with Crippen molar-refractivity contribution < 1.29 is 0 Å². The largest absolute Gasteiger partial charge is 0.345 e. The van der Waals surface area contributed by atoms with Gasteiger partial charge in [0.25, 0.3) is 0 Å². The minimum atomic E-state index is 0.612. The Hall–Kier alpha value is -3.45. The van der Waals surface area contributed by atoms with Crippen LogP contribution in [-0.4, -0.2) is 15.0 Å². The van der Waals surface area contributed by atoms with Crippen LogP contribution in [0.3, 0.4) is 0 Å². The number of H-pyrrole nitrogens is 1. The van der Waals surface area contributed by atoms with Crippen LogP contribution in [0, 0.1) is 11.3 Å². The number of nitriles is 1. The fraction of sp³-hybridized carbons (Fsp3) is 0.0500. The smallest absolute Gasteiger partial charge is 0.139 e. The van der Waals surface area contributed by atoms with Crippen LogP contribution in [0.5, 0.6) is 0 Å². The number of nitrogens with zero attached hydrogens (tertiary/aromatic N) is 3. The molecule has 1 N–H and O–H groups in total. The molecular formula is C20H14N4. The summed E-state index contributed by atoms with van der Waals surface area (Å²) in [4.78, 5) is 12.2. The molecule has 4 nitrogen and oxygen atoms in total. The lowest BCUT2D eigenvalue weighted by Gasteiger charge is -2.08. The Morgan fingerprint density at radius 1 is 1.00 bits per heavy atom. The quantitative estimate of drug-likeness (QED) is 0.620. The molecule has 0 saturated carbocycles. The van der Waals surface area contributed by atoms with Gasteiger partial charge >= 0.3 is 0 Å². The third-order valence-corrected chi connectivity index (χ3v) is 3.99. The van der Waals surface area contributed by atoms with Crippen LogP contribution in [0.1, 0.15) is 17.0 Å². The number of nitrogens with one attached hydrogen (secondary N) is 1. The number of hydrogen-bond acceptors (Lipinski definition) is 3. The van der Waals surface area contributed by atoms with Crippen molar-refractivity contribution in [1.82, 2.24) is 15.0 Å². The fourth-order valence-electron chi connectivity index (χ4n) is 2.90. The lowest BCUT2D eigenvalue weighted by molar-refractivity contribution is 1.02. The first-order chi connectivity index (χ1) is 11.8. The number of rotatable bonds is 3. The Bertz CT molecular complexity index is 1030. The van der Waals surface area contributed by atoms with E-state index in [2.05, 4.69) is 27.1 Å². The van der Waals surface area contributed by atoms with E-state index >= 15 is 0 Å². The molecule has 114 valence electrons. The maximum absolute atomic E-state index is 9.39. The van der Waals surface area contributed by atoms with Crippen LogP contribution in [0.4, 0.5) is 0 Å². The normalized spacial score (nSPS) is 10.6.